The van der Waals surface area contributed by atoms with Crippen LogP contribution in [0.25, 0.3) is 0 Å². The molecule has 0 spiro atoms. The van der Waals surface area contributed by atoms with Gasteiger partial charge in [0.2, 0.25) is 0 Å². The summed E-state index contributed by atoms with van der Waals surface area (Å²) in [7, 11) is 0. The monoisotopic (exact) mass is 198 g/mol. The molecular weight excluding hydrogens is 184 g/mol. The molecule has 4 heteroatoms. The summed E-state index contributed by atoms with van der Waals surface area (Å²) in [6.45, 7) is 3.41. The van der Waals surface area contributed by atoms with Crippen molar-refractivity contribution in [3.63, 3.8) is 0 Å². The Morgan fingerprint density at radius 2 is 2.29 bits per heavy atom. The average Bonchev–Trinajstić information content (AvgIpc) is 2.51. The van der Waals surface area contributed by atoms with Crippen molar-refractivity contribution in [1.29, 1.82) is 0 Å². The minimum atomic E-state index is -0.411. The van der Waals surface area contributed by atoms with Crippen molar-refractivity contribution in [2.75, 3.05) is 6.61 Å². The first-order valence-electron chi connectivity index (χ1n) is 4.69. The Bertz CT molecular complexity index is 267. The van der Waals surface area contributed by atoms with Gasteiger partial charge in [0.05, 0.1) is 12.2 Å². The van der Waals surface area contributed by atoms with Crippen LogP contribution in [0.5, 0.6) is 0 Å². The Morgan fingerprint density at radius 1 is 1.57 bits per heavy atom. The van der Waals surface area contributed by atoms with Crippen LogP contribution < -0.4 is 0 Å². The second kappa shape index (κ2) is 4.79. The lowest BCUT2D eigenvalue weighted by atomic mass is 10.2. The van der Waals surface area contributed by atoms with E-state index in [4.69, 9.17) is 9.47 Å². The summed E-state index contributed by atoms with van der Waals surface area (Å²) in [6, 6.07) is 0. The lowest BCUT2D eigenvalue weighted by molar-refractivity contribution is -0.147. The zero-order valence-electron chi connectivity index (χ0n) is 8.41. The minimum Gasteiger partial charge on any atom is -0.463 e. The summed E-state index contributed by atoms with van der Waals surface area (Å²) in [4.78, 5) is 22.1. The van der Waals surface area contributed by atoms with Crippen molar-refractivity contribution in [2.45, 2.75) is 32.8 Å². The molecule has 0 fully saturated rings. The molecule has 1 aliphatic carbocycles. The quantitative estimate of drug-likeness (QED) is 0.639. The molecule has 1 rings (SSSR count). The van der Waals surface area contributed by atoms with Gasteiger partial charge in [-0.15, -0.1) is 0 Å². The molecule has 1 aliphatic rings. The van der Waals surface area contributed by atoms with Crippen LogP contribution in [0.1, 0.15) is 26.7 Å². The van der Waals surface area contributed by atoms with Gasteiger partial charge in [0, 0.05) is 6.92 Å². The van der Waals surface area contributed by atoms with Crippen LogP contribution in [0, 0.1) is 0 Å². The van der Waals surface area contributed by atoms with Crippen molar-refractivity contribution in [2.24, 2.45) is 0 Å². The molecule has 0 radical (unpaired) electrons. The topological polar surface area (TPSA) is 52.6 Å². The first-order chi connectivity index (χ1) is 6.65. The third-order valence-electron chi connectivity index (χ3n) is 1.96. The Kier molecular flexibility index (Phi) is 3.68. The van der Waals surface area contributed by atoms with Crippen LogP contribution in [0.4, 0.5) is 0 Å². The number of allylic oxidation sites excluding steroid dienone is 1. The van der Waals surface area contributed by atoms with Crippen molar-refractivity contribution >= 4 is 11.9 Å². The number of rotatable bonds is 3. The summed E-state index contributed by atoms with van der Waals surface area (Å²) < 4.78 is 9.82. The van der Waals surface area contributed by atoms with E-state index in [0.717, 1.165) is 6.42 Å². The van der Waals surface area contributed by atoms with Crippen LogP contribution in [-0.4, -0.2) is 24.6 Å². The van der Waals surface area contributed by atoms with E-state index in [2.05, 4.69) is 0 Å². The fraction of sp³-hybridized carbons (Fsp3) is 0.600. The molecule has 0 heterocycles. The van der Waals surface area contributed by atoms with E-state index in [1.54, 1.807) is 13.0 Å². The second-order valence-electron chi connectivity index (χ2n) is 3.06. The lowest BCUT2D eigenvalue weighted by Gasteiger charge is -2.13. The Balaban J connectivity index is 2.58. The SMILES string of the molecule is CCOC(=O)C1=CCCC1OC(C)=O. The zero-order valence-corrected chi connectivity index (χ0v) is 8.41. The highest BCUT2D eigenvalue weighted by Crippen LogP contribution is 2.23. The number of hydrogen-bond donors (Lipinski definition) is 0. The standard InChI is InChI=1S/C10H14O4/c1-3-13-10(12)8-5-4-6-9(8)14-7(2)11/h5,9H,3-4,6H2,1-2H3. The number of carbonyl (C=O) groups excluding carboxylic acids is 2. The van der Waals surface area contributed by atoms with E-state index in [9.17, 15) is 9.59 Å². The van der Waals surface area contributed by atoms with E-state index < -0.39 is 6.10 Å². The Hall–Kier alpha value is -1.32. The molecule has 0 N–H and O–H groups in total. The zero-order chi connectivity index (χ0) is 10.6. The molecule has 14 heavy (non-hydrogen) atoms. The molecular formula is C10H14O4. The van der Waals surface area contributed by atoms with Crippen LogP contribution in [0.3, 0.4) is 0 Å². The predicted molar refractivity (Wildman–Crippen MR) is 49.5 cm³/mol. The molecule has 0 aromatic heterocycles. The highest BCUT2D eigenvalue weighted by molar-refractivity contribution is 5.90. The Morgan fingerprint density at radius 3 is 2.86 bits per heavy atom. The van der Waals surface area contributed by atoms with E-state index in [-0.39, 0.29) is 11.9 Å². The van der Waals surface area contributed by atoms with Gasteiger partial charge in [-0.05, 0) is 19.8 Å². The molecule has 0 saturated carbocycles. The fourth-order valence-corrected chi connectivity index (χ4v) is 1.43. The van der Waals surface area contributed by atoms with Gasteiger partial charge >= 0.3 is 11.9 Å². The third-order valence-corrected chi connectivity index (χ3v) is 1.96. The van der Waals surface area contributed by atoms with Crippen LogP contribution in [0.2, 0.25) is 0 Å². The van der Waals surface area contributed by atoms with E-state index >= 15 is 0 Å². The maximum atomic E-state index is 11.4. The highest BCUT2D eigenvalue weighted by Gasteiger charge is 2.28. The molecule has 4 nitrogen and oxygen atoms in total. The molecule has 78 valence electrons. The van der Waals surface area contributed by atoms with Gasteiger partial charge in [-0.2, -0.15) is 0 Å². The molecule has 0 amide bonds. The largest absolute Gasteiger partial charge is 0.463 e. The number of hydrogen-bond acceptors (Lipinski definition) is 4. The summed E-state index contributed by atoms with van der Waals surface area (Å²) >= 11 is 0. The van der Waals surface area contributed by atoms with Gasteiger partial charge in [-0.25, -0.2) is 4.79 Å². The molecule has 0 aromatic carbocycles. The van der Waals surface area contributed by atoms with Crippen molar-refractivity contribution in [1.82, 2.24) is 0 Å². The van der Waals surface area contributed by atoms with E-state index in [1.807, 2.05) is 0 Å². The van der Waals surface area contributed by atoms with E-state index in [0.29, 0.717) is 18.6 Å². The van der Waals surface area contributed by atoms with Crippen molar-refractivity contribution < 1.29 is 19.1 Å². The van der Waals surface area contributed by atoms with Gasteiger partial charge in [0.15, 0.2) is 0 Å². The molecule has 0 aromatic rings. The fourth-order valence-electron chi connectivity index (χ4n) is 1.43. The first-order valence-corrected chi connectivity index (χ1v) is 4.69. The van der Waals surface area contributed by atoms with Gasteiger partial charge in [-0.3, -0.25) is 4.79 Å². The smallest absolute Gasteiger partial charge is 0.337 e. The van der Waals surface area contributed by atoms with E-state index in [1.165, 1.54) is 6.92 Å². The molecule has 1 unspecified atom stereocenters. The predicted octanol–water partition coefficient (Wildman–Crippen LogP) is 1.20. The van der Waals surface area contributed by atoms with Crippen molar-refractivity contribution in [3.05, 3.63) is 11.6 Å². The van der Waals surface area contributed by atoms with Crippen LogP contribution >= 0.6 is 0 Å². The van der Waals surface area contributed by atoms with Gasteiger partial charge < -0.3 is 9.47 Å². The maximum absolute atomic E-state index is 11.4. The van der Waals surface area contributed by atoms with Gasteiger partial charge in [-0.1, -0.05) is 6.08 Å². The van der Waals surface area contributed by atoms with Gasteiger partial charge in [0.25, 0.3) is 0 Å². The normalized spacial score (nSPS) is 20.1. The summed E-state index contributed by atoms with van der Waals surface area (Å²) in [5, 5.41) is 0. The number of ether oxygens (including phenoxy) is 2. The second-order valence-corrected chi connectivity index (χ2v) is 3.06. The summed E-state index contributed by atoms with van der Waals surface area (Å²) in [5.74, 6) is -0.747. The average molecular weight is 198 g/mol. The lowest BCUT2D eigenvalue weighted by Crippen LogP contribution is -2.22. The summed E-state index contributed by atoms with van der Waals surface area (Å²) in [5.41, 5.74) is 0.474. The molecule has 0 aliphatic heterocycles. The summed E-state index contributed by atoms with van der Waals surface area (Å²) in [6.07, 6.45) is 2.79. The number of carbonyl (C=O) groups is 2. The van der Waals surface area contributed by atoms with Crippen LogP contribution in [-0.2, 0) is 19.1 Å². The Labute approximate surface area is 82.9 Å². The number of esters is 2. The van der Waals surface area contributed by atoms with Crippen LogP contribution in [0.15, 0.2) is 11.6 Å². The molecule has 1 atom stereocenters. The van der Waals surface area contributed by atoms with Gasteiger partial charge in [0.1, 0.15) is 6.10 Å². The molecule has 0 saturated heterocycles. The highest BCUT2D eigenvalue weighted by atomic mass is 16.6. The maximum Gasteiger partial charge on any atom is 0.337 e. The molecule has 0 bridgehead atoms. The first kappa shape index (κ1) is 10.8. The van der Waals surface area contributed by atoms with Crippen molar-refractivity contribution in [3.8, 4) is 0 Å². The minimum absolute atomic E-state index is 0.336. The third kappa shape index (κ3) is 2.58.